The van der Waals surface area contributed by atoms with E-state index in [0.29, 0.717) is 24.5 Å². The van der Waals surface area contributed by atoms with Gasteiger partial charge >= 0.3 is 5.82 Å². The quantitative estimate of drug-likeness (QED) is 0.423. The van der Waals surface area contributed by atoms with E-state index < -0.39 is 14.9 Å². The third-order valence-corrected chi connectivity index (χ3v) is 6.41. The van der Waals surface area contributed by atoms with E-state index in [0.717, 1.165) is 0 Å². The van der Waals surface area contributed by atoms with Crippen LogP contribution in [0.25, 0.3) is 0 Å². The zero-order chi connectivity index (χ0) is 19.8. The molecule has 1 aromatic heterocycles. The standard InChI is InChI=1S/C16H19N5O5S/c1-12(22)13-3-5-14(6-4-13)27(25,26)20-9-7-19(8-10-20)16-15(21(23)24)17-11-18(16)2/h3-6,11H,7-10H2,1-2H3. The van der Waals surface area contributed by atoms with Gasteiger partial charge in [0.15, 0.2) is 5.78 Å². The number of nitrogens with zero attached hydrogens (tertiary/aromatic N) is 5. The zero-order valence-corrected chi connectivity index (χ0v) is 15.7. The first-order valence-corrected chi connectivity index (χ1v) is 9.67. The van der Waals surface area contributed by atoms with Crippen LogP contribution < -0.4 is 4.90 Å². The van der Waals surface area contributed by atoms with Gasteiger partial charge in [-0.2, -0.15) is 4.31 Å². The highest BCUT2D eigenvalue weighted by atomic mass is 32.2. The molecular weight excluding hydrogens is 374 g/mol. The van der Waals surface area contributed by atoms with Gasteiger partial charge < -0.3 is 15.0 Å². The Kier molecular flexibility index (Phi) is 4.98. The van der Waals surface area contributed by atoms with Crippen LogP contribution in [0.15, 0.2) is 35.5 Å². The van der Waals surface area contributed by atoms with E-state index >= 15 is 0 Å². The van der Waals surface area contributed by atoms with Gasteiger partial charge in [-0.1, -0.05) is 12.1 Å². The number of hydrogen-bond acceptors (Lipinski definition) is 7. The fourth-order valence-corrected chi connectivity index (χ4v) is 4.48. The lowest BCUT2D eigenvalue weighted by atomic mass is 10.2. The number of benzene rings is 1. The molecule has 1 aromatic carbocycles. The van der Waals surface area contributed by atoms with Crippen LogP contribution in [0.5, 0.6) is 0 Å². The maximum atomic E-state index is 12.8. The number of aryl methyl sites for hydroxylation is 1. The molecule has 1 fully saturated rings. The maximum absolute atomic E-state index is 12.8. The van der Waals surface area contributed by atoms with Crippen LogP contribution in [0.2, 0.25) is 0 Å². The van der Waals surface area contributed by atoms with Gasteiger partial charge in [0.1, 0.15) is 0 Å². The number of ketones is 1. The number of sulfonamides is 1. The van der Waals surface area contributed by atoms with Gasteiger partial charge in [0.25, 0.3) is 0 Å². The molecule has 3 rings (SSSR count). The number of hydrogen-bond donors (Lipinski definition) is 0. The van der Waals surface area contributed by atoms with Crippen molar-refractivity contribution in [2.75, 3.05) is 31.1 Å². The molecule has 0 N–H and O–H groups in total. The Morgan fingerprint density at radius 3 is 2.26 bits per heavy atom. The predicted molar refractivity (Wildman–Crippen MR) is 97.3 cm³/mol. The van der Waals surface area contributed by atoms with Crippen LogP contribution in [0, 0.1) is 10.1 Å². The fourth-order valence-electron chi connectivity index (χ4n) is 3.06. The number of Topliss-reactive ketones (excluding diaryl/α,β-unsaturated/α-hetero) is 1. The van der Waals surface area contributed by atoms with Crippen LogP contribution in [-0.4, -0.2) is 59.2 Å². The van der Waals surface area contributed by atoms with Crippen LogP contribution in [0.3, 0.4) is 0 Å². The SMILES string of the molecule is CC(=O)c1ccc(S(=O)(=O)N2CCN(c3c([N+](=O)[O-])ncn3C)CC2)cc1. The summed E-state index contributed by atoms with van der Waals surface area (Å²) in [7, 11) is -2.03. The summed E-state index contributed by atoms with van der Waals surface area (Å²) in [6.45, 7) is 2.43. The van der Waals surface area contributed by atoms with E-state index in [4.69, 9.17) is 0 Å². The minimum absolute atomic E-state index is 0.118. The van der Waals surface area contributed by atoms with Crippen molar-refractivity contribution >= 4 is 27.4 Å². The molecule has 144 valence electrons. The van der Waals surface area contributed by atoms with E-state index in [1.165, 1.54) is 41.8 Å². The van der Waals surface area contributed by atoms with Crippen LogP contribution in [-0.2, 0) is 17.1 Å². The Morgan fingerprint density at radius 2 is 1.74 bits per heavy atom. The van der Waals surface area contributed by atoms with Crippen molar-refractivity contribution in [1.29, 1.82) is 0 Å². The van der Waals surface area contributed by atoms with Crippen molar-refractivity contribution in [3.05, 3.63) is 46.3 Å². The van der Waals surface area contributed by atoms with Crippen molar-refractivity contribution in [1.82, 2.24) is 13.9 Å². The van der Waals surface area contributed by atoms with Crippen molar-refractivity contribution in [3.8, 4) is 0 Å². The molecule has 0 spiro atoms. The Hall–Kier alpha value is -2.79. The number of piperazine rings is 1. The molecule has 27 heavy (non-hydrogen) atoms. The molecule has 0 radical (unpaired) electrons. The van der Waals surface area contributed by atoms with Gasteiger partial charge in [0.2, 0.25) is 22.2 Å². The number of nitro groups is 1. The molecule has 1 aliphatic rings. The third kappa shape index (κ3) is 3.55. The summed E-state index contributed by atoms with van der Waals surface area (Å²) in [6, 6.07) is 5.82. The molecule has 0 saturated carbocycles. The number of carbonyl (C=O) groups is 1. The second-order valence-corrected chi connectivity index (χ2v) is 8.17. The normalized spacial score (nSPS) is 15.7. The first-order valence-electron chi connectivity index (χ1n) is 8.23. The molecule has 2 aromatic rings. The van der Waals surface area contributed by atoms with E-state index in [2.05, 4.69) is 4.98 Å². The molecule has 10 nitrogen and oxygen atoms in total. The first kappa shape index (κ1) is 19.0. The van der Waals surface area contributed by atoms with Gasteiger partial charge in [-0.05, 0) is 29.0 Å². The topological polar surface area (TPSA) is 119 Å². The van der Waals surface area contributed by atoms with Crippen molar-refractivity contribution in [2.45, 2.75) is 11.8 Å². The average molecular weight is 393 g/mol. The van der Waals surface area contributed by atoms with Gasteiger partial charge in [-0.15, -0.1) is 0 Å². The number of imidazole rings is 1. The second-order valence-electron chi connectivity index (χ2n) is 6.23. The maximum Gasteiger partial charge on any atom is 0.406 e. The summed E-state index contributed by atoms with van der Waals surface area (Å²) in [5.74, 6) is -0.0122. The minimum Gasteiger partial charge on any atom is -0.358 e. The monoisotopic (exact) mass is 393 g/mol. The van der Waals surface area contributed by atoms with Crippen molar-refractivity contribution in [2.24, 2.45) is 7.05 Å². The number of rotatable bonds is 5. The highest BCUT2D eigenvalue weighted by Gasteiger charge is 2.32. The van der Waals surface area contributed by atoms with Gasteiger partial charge in [0.05, 0.1) is 4.90 Å². The predicted octanol–water partition coefficient (Wildman–Crippen LogP) is 1.04. The molecule has 1 aliphatic heterocycles. The number of carbonyl (C=O) groups excluding carboxylic acids is 1. The molecule has 0 amide bonds. The zero-order valence-electron chi connectivity index (χ0n) is 14.9. The highest BCUT2D eigenvalue weighted by molar-refractivity contribution is 7.89. The molecule has 0 aliphatic carbocycles. The summed E-state index contributed by atoms with van der Waals surface area (Å²) in [6.07, 6.45) is 1.37. The van der Waals surface area contributed by atoms with Crippen molar-refractivity contribution < 1.29 is 18.1 Å². The van der Waals surface area contributed by atoms with E-state index in [1.807, 2.05) is 0 Å². The highest BCUT2D eigenvalue weighted by Crippen LogP contribution is 2.28. The minimum atomic E-state index is -3.69. The number of aromatic nitrogens is 2. The summed E-state index contributed by atoms with van der Waals surface area (Å²) < 4.78 is 28.5. The Balaban J connectivity index is 1.76. The molecule has 0 atom stereocenters. The smallest absolute Gasteiger partial charge is 0.358 e. The molecule has 11 heteroatoms. The lowest BCUT2D eigenvalue weighted by molar-refractivity contribution is -0.388. The lowest BCUT2D eigenvalue weighted by Crippen LogP contribution is -2.49. The largest absolute Gasteiger partial charge is 0.406 e. The Labute approximate surface area is 156 Å². The average Bonchev–Trinajstić information content (AvgIpc) is 3.03. The van der Waals surface area contributed by atoms with E-state index in [-0.39, 0.29) is 29.6 Å². The molecule has 2 heterocycles. The van der Waals surface area contributed by atoms with E-state index in [1.54, 1.807) is 16.5 Å². The van der Waals surface area contributed by atoms with Crippen LogP contribution in [0.1, 0.15) is 17.3 Å². The lowest BCUT2D eigenvalue weighted by Gasteiger charge is -2.34. The van der Waals surface area contributed by atoms with Crippen LogP contribution in [0.4, 0.5) is 11.6 Å². The second kappa shape index (κ2) is 7.08. The third-order valence-electron chi connectivity index (χ3n) is 4.50. The molecular formula is C16H19N5O5S. The Bertz CT molecular complexity index is 975. The summed E-state index contributed by atoms with van der Waals surface area (Å²) >= 11 is 0. The van der Waals surface area contributed by atoms with Gasteiger partial charge in [-0.3, -0.25) is 9.36 Å². The molecule has 0 bridgehead atoms. The first-order chi connectivity index (χ1) is 12.7. The summed E-state index contributed by atoms with van der Waals surface area (Å²) in [4.78, 5) is 27.6. The summed E-state index contributed by atoms with van der Waals surface area (Å²) in [5, 5.41) is 11.1. The molecule has 0 unspecified atom stereocenters. The van der Waals surface area contributed by atoms with Gasteiger partial charge in [0, 0.05) is 38.8 Å². The van der Waals surface area contributed by atoms with Crippen molar-refractivity contribution in [3.63, 3.8) is 0 Å². The fraction of sp³-hybridized carbons (Fsp3) is 0.375. The summed E-state index contributed by atoms with van der Waals surface area (Å²) in [5.41, 5.74) is 0.447. The Morgan fingerprint density at radius 1 is 1.15 bits per heavy atom. The van der Waals surface area contributed by atoms with E-state index in [9.17, 15) is 23.3 Å². The number of anilines is 1. The van der Waals surface area contributed by atoms with Crippen LogP contribution >= 0.6 is 0 Å². The van der Waals surface area contributed by atoms with Gasteiger partial charge in [-0.25, -0.2) is 8.42 Å². The molecule has 1 saturated heterocycles.